The number of Topliss-reactive ketones (excluding diaryl/α,β-unsaturated/α-hetero) is 1. The van der Waals surface area contributed by atoms with Gasteiger partial charge in [-0.3, -0.25) is 14.4 Å². The minimum absolute atomic E-state index is 0.118. The van der Waals surface area contributed by atoms with Crippen molar-refractivity contribution in [3.63, 3.8) is 0 Å². The van der Waals surface area contributed by atoms with Crippen molar-refractivity contribution in [1.82, 2.24) is 16.0 Å². The number of ether oxygens (including phenoxy) is 9. The van der Waals surface area contributed by atoms with E-state index in [-0.39, 0.29) is 58.1 Å². The van der Waals surface area contributed by atoms with E-state index in [1.807, 2.05) is 13.8 Å². The van der Waals surface area contributed by atoms with E-state index in [1.165, 1.54) is 0 Å². The zero-order valence-corrected chi connectivity index (χ0v) is 35.9. The summed E-state index contributed by atoms with van der Waals surface area (Å²) in [5.41, 5.74) is -1.25. The zero-order chi connectivity index (χ0) is 46.1. The SMILES string of the molecule is CC(C)NC(COCC(=O)CCO[C@@H]1OC(CO)[C@H](O)C(O)[C@@H]1C)(COCC(=O)NCO[C@@H]1OC(CO)[C@H](O)C(O)[C@@H]1C)COCC(=O)NCO[C@@H]1OC(CO)[C@H](O)C(O)[C@@H]1C. The highest BCUT2D eigenvalue weighted by Gasteiger charge is 2.45. The van der Waals surface area contributed by atoms with E-state index in [0.717, 1.165) is 0 Å². The van der Waals surface area contributed by atoms with E-state index in [2.05, 4.69) is 16.0 Å². The van der Waals surface area contributed by atoms with Crippen LogP contribution in [0.2, 0.25) is 0 Å². The summed E-state index contributed by atoms with van der Waals surface area (Å²) in [4.78, 5) is 38.3. The van der Waals surface area contributed by atoms with Gasteiger partial charge in [-0.1, -0.05) is 34.6 Å². The molecule has 362 valence electrons. The quantitative estimate of drug-likeness (QED) is 0.0342. The van der Waals surface area contributed by atoms with Crippen LogP contribution in [0.3, 0.4) is 0 Å². The molecule has 3 fully saturated rings. The first-order valence-electron chi connectivity index (χ1n) is 20.7. The molecule has 3 aliphatic rings. The van der Waals surface area contributed by atoms with Gasteiger partial charge in [0.15, 0.2) is 24.7 Å². The maximum Gasteiger partial charge on any atom is 0.247 e. The van der Waals surface area contributed by atoms with Gasteiger partial charge in [-0.05, 0) is 0 Å². The third-order valence-electron chi connectivity index (χ3n) is 10.7. The van der Waals surface area contributed by atoms with Gasteiger partial charge in [0, 0.05) is 30.2 Å². The van der Waals surface area contributed by atoms with Crippen molar-refractivity contribution >= 4 is 17.6 Å². The highest BCUT2D eigenvalue weighted by atomic mass is 16.7. The average Bonchev–Trinajstić information content (AvgIpc) is 3.23. The molecule has 0 aliphatic carbocycles. The molecule has 0 aromatic carbocycles. The topological polar surface area (TPSA) is 352 Å². The van der Waals surface area contributed by atoms with Gasteiger partial charge in [-0.15, -0.1) is 0 Å². The summed E-state index contributed by atoms with van der Waals surface area (Å²) in [5.74, 6) is -3.63. The maximum absolute atomic E-state index is 12.8. The van der Waals surface area contributed by atoms with Crippen LogP contribution in [0.1, 0.15) is 41.0 Å². The number of carbonyl (C=O) groups is 3. The van der Waals surface area contributed by atoms with Crippen LogP contribution >= 0.6 is 0 Å². The Morgan fingerprint density at radius 3 is 1.27 bits per heavy atom. The van der Waals surface area contributed by atoms with E-state index in [9.17, 15) is 60.3 Å². The fourth-order valence-electron chi connectivity index (χ4n) is 7.00. The molecule has 2 amide bonds. The lowest BCUT2D eigenvalue weighted by molar-refractivity contribution is -0.283. The van der Waals surface area contributed by atoms with E-state index in [0.29, 0.717) is 0 Å². The molecule has 0 bridgehead atoms. The van der Waals surface area contributed by atoms with Crippen LogP contribution in [-0.4, -0.2) is 228 Å². The maximum atomic E-state index is 12.8. The van der Waals surface area contributed by atoms with Gasteiger partial charge in [0.1, 0.15) is 69.9 Å². The molecule has 0 radical (unpaired) electrons. The summed E-state index contributed by atoms with van der Waals surface area (Å²) in [5, 5.41) is 97.6. The predicted octanol–water partition coefficient (Wildman–Crippen LogP) is -5.85. The highest BCUT2D eigenvalue weighted by Crippen LogP contribution is 2.29. The number of ketones is 1. The lowest BCUT2D eigenvalue weighted by Gasteiger charge is -2.40. The summed E-state index contributed by atoms with van der Waals surface area (Å²) >= 11 is 0. The second-order valence-electron chi connectivity index (χ2n) is 16.2. The van der Waals surface area contributed by atoms with Crippen molar-refractivity contribution in [3.8, 4) is 0 Å². The molecule has 24 heteroatoms. The van der Waals surface area contributed by atoms with E-state index >= 15 is 0 Å². The van der Waals surface area contributed by atoms with Crippen LogP contribution in [-0.2, 0) is 57.0 Å². The molecule has 15 atom stereocenters. The molecule has 3 saturated heterocycles. The predicted molar refractivity (Wildman–Crippen MR) is 208 cm³/mol. The Morgan fingerprint density at radius 2 is 0.919 bits per heavy atom. The lowest BCUT2D eigenvalue weighted by Crippen LogP contribution is -2.59. The van der Waals surface area contributed by atoms with Crippen LogP contribution in [0, 0.1) is 17.8 Å². The summed E-state index contributed by atoms with van der Waals surface area (Å²) in [7, 11) is 0. The smallest absolute Gasteiger partial charge is 0.247 e. The van der Waals surface area contributed by atoms with Crippen molar-refractivity contribution in [2.45, 2.75) is 126 Å². The highest BCUT2D eigenvalue weighted by molar-refractivity contribution is 5.79. The average molecular weight is 904 g/mol. The molecule has 3 aliphatic heterocycles. The minimum Gasteiger partial charge on any atom is -0.394 e. The third kappa shape index (κ3) is 16.1. The minimum atomic E-state index is -1.32. The molecular formula is C38H69N3O21. The third-order valence-corrected chi connectivity index (χ3v) is 10.7. The number of carbonyl (C=O) groups excluding carboxylic acids is 3. The van der Waals surface area contributed by atoms with E-state index < -0.39 is 149 Å². The number of rotatable bonds is 27. The van der Waals surface area contributed by atoms with Crippen LogP contribution in [0.5, 0.6) is 0 Å². The molecule has 6 unspecified atom stereocenters. The number of hydrogen-bond donors (Lipinski definition) is 12. The number of hydrogen-bond acceptors (Lipinski definition) is 22. The summed E-state index contributed by atoms with van der Waals surface area (Å²) in [6, 6.07) is -0.239. The first-order chi connectivity index (χ1) is 29.4. The van der Waals surface area contributed by atoms with Crippen LogP contribution in [0.15, 0.2) is 0 Å². The summed E-state index contributed by atoms with van der Waals surface area (Å²) in [6.45, 7) is 3.78. The Labute approximate surface area is 360 Å². The molecule has 0 aromatic heterocycles. The van der Waals surface area contributed by atoms with Gasteiger partial charge < -0.3 is 105 Å². The Bertz CT molecular complexity index is 1190. The first-order valence-corrected chi connectivity index (χ1v) is 20.7. The monoisotopic (exact) mass is 903 g/mol. The molecule has 3 heterocycles. The number of aliphatic hydroxyl groups is 9. The van der Waals surface area contributed by atoms with Gasteiger partial charge in [0.25, 0.3) is 0 Å². The van der Waals surface area contributed by atoms with Gasteiger partial charge in [-0.2, -0.15) is 0 Å². The Balaban J connectivity index is 1.56. The van der Waals surface area contributed by atoms with Crippen molar-refractivity contribution < 1.29 is 103 Å². The van der Waals surface area contributed by atoms with Crippen LogP contribution in [0.25, 0.3) is 0 Å². The number of amides is 2. The van der Waals surface area contributed by atoms with Gasteiger partial charge in [0.2, 0.25) is 11.8 Å². The Hall–Kier alpha value is -2.15. The second-order valence-corrected chi connectivity index (χ2v) is 16.2. The van der Waals surface area contributed by atoms with E-state index in [1.54, 1.807) is 20.8 Å². The van der Waals surface area contributed by atoms with E-state index in [4.69, 9.17) is 42.6 Å². The summed E-state index contributed by atoms with van der Waals surface area (Å²) in [6.07, 6.45) is -14.1. The number of aliphatic hydroxyl groups excluding tert-OH is 9. The molecule has 0 spiro atoms. The normalized spacial score (nSPS) is 35.0. The largest absolute Gasteiger partial charge is 0.394 e. The molecule has 0 saturated carbocycles. The molecule has 12 N–H and O–H groups in total. The van der Waals surface area contributed by atoms with Crippen LogP contribution < -0.4 is 16.0 Å². The van der Waals surface area contributed by atoms with Gasteiger partial charge in [0.05, 0.1) is 70.1 Å². The number of nitrogens with one attached hydrogen (secondary N) is 3. The summed E-state index contributed by atoms with van der Waals surface area (Å²) < 4.78 is 50.6. The standard InChI is InChI=1S/C38H69N3O21/c1-19(2)41-38(14-54-11-23(45)6-7-57-35-20(3)29(48)32(51)24(8-42)60-35,15-55-12-27(46)39-17-58-36-21(4)30(49)33(52)25(9-43)61-36)16-56-13-28(47)40-18-59-37-22(5)31(50)34(53)26(10-44)62-37/h19-22,24-26,29-37,41-44,48-53H,6-18H2,1-5H3,(H,39,46)(H,40,47)/t20-,21-,22-,24?,25?,26?,29?,30?,31?,32-,33-,34-,35+,36+,37+,38?/m0/s1. The molecule has 0 aromatic rings. The van der Waals surface area contributed by atoms with Crippen molar-refractivity contribution in [1.29, 1.82) is 0 Å². The molecule has 3 rings (SSSR count). The lowest BCUT2D eigenvalue weighted by atomic mass is 9.92. The van der Waals surface area contributed by atoms with Gasteiger partial charge >= 0.3 is 0 Å². The fraction of sp³-hybridized carbons (Fsp3) is 0.921. The fourth-order valence-corrected chi connectivity index (χ4v) is 7.00. The second kappa shape index (κ2) is 26.7. The Morgan fingerprint density at radius 1 is 0.565 bits per heavy atom. The van der Waals surface area contributed by atoms with Crippen molar-refractivity contribution in [3.05, 3.63) is 0 Å². The van der Waals surface area contributed by atoms with Gasteiger partial charge in [-0.25, -0.2) is 0 Å². The molecule has 24 nitrogen and oxygen atoms in total. The molecule has 62 heavy (non-hydrogen) atoms. The van der Waals surface area contributed by atoms with Crippen LogP contribution in [0.4, 0.5) is 0 Å². The zero-order valence-electron chi connectivity index (χ0n) is 35.9. The Kier molecular flexibility index (Phi) is 23.4. The van der Waals surface area contributed by atoms with Crippen molar-refractivity contribution in [2.24, 2.45) is 17.8 Å². The molecular weight excluding hydrogens is 834 g/mol. The van der Waals surface area contributed by atoms with Crippen molar-refractivity contribution in [2.75, 3.05) is 79.5 Å². The first kappa shape index (κ1) is 54.2.